The molecule has 3 aromatic carbocycles. The first-order chi connectivity index (χ1) is 15.3. The minimum Gasteiger partial charge on any atom is -0.364 e. The van der Waals surface area contributed by atoms with Crippen LogP contribution in [0.3, 0.4) is 0 Å². The number of benzene rings is 3. The van der Waals surface area contributed by atoms with Crippen molar-refractivity contribution in [2.75, 3.05) is 0 Å². The summed E-state index contributed by atoms with van der Waals surface area (Å²) in [5.74, 6) is -0.722. The summed E-state index contributed by atoms with van der Waals surface area (Å²) < 4.78 is 46.5. The van der Waals surface area contributed by atoms with E-state index in [1.807, 2.05) is 30.3 Å². The molecule has 0 saturated heterocycles. The zero-order chi connectivity index (χ0) is 23.0. The van der Waals surface area contributed by atoms with E-state index in [9.17, 15) is 17.6 Å². The molecule has 3 aromatic rings. The molecule has 32 heavy (non-hydrogen) atoms. The van der Waals surface area contributed by atoms with Crippen molar-refractivity contribution in [2.24, 2.45) is 0 Å². The fourth-order valence-electron chi connectivity index (χ4n) is 2.94. The van der Waals surface area contributed by atoms with E-state index in [0.29, 0.717) is 17.7 Å². The Morgan fingerprint density at radius 1 is 0.906 bits per heavy atom. The van der Waals surface area contributed by atoms with Gasteiger partial charge in [0.2, 0.25) is 15.9 Å². The van der Waals surface area contributed by atoms with Crippen molar-refractivity contribution in [2.45, 2.75) is 37.6 Å². The molecule has 0 aliphatic rings. The van der Waals surface area contributed by atoms with Gasteiger partial charge in [-0.05, 0) is 47.9 Å². The molecule has 0 spiro atoms. The van der Waals surface area contributed by atoms with Crippen molar-refractivity contribution < 1.29 is 22.3 Å². The van der Waals surface area contributed by atoms with Gasteiger partial charge in [0, 0.05) is 13.1 Å². The summed E-state index contributed by atoms with van der Waals surface area (Å²) in [5, 5.41) is 2.76. The largest absolute Gasteiger partial charge is 0.364 e. The molecule has 6 nitrogen and oxygen atoms in total. The monoisotopic (exact) mass is 456 g/mol. The van der Waals surface area contributed by atoms with Gasteiger partial charge in [-0.15, -0.1) is 0 Å². The quantitative estimate of drug-likeness (QED) is 0.489. The molecule has 0 bridgehead atoms. The van der Waals surface area contributed by atoms with Gasteiger partial charge in [0.15, 0.2) is 0 Å². The van der Waals surface area contributed by atoms with Gasteiger partial charge in [-0.25, -0.2) is 17.5 Å². The number of sulfonamides is 1. The van der Waals surface area contributed by atoms with E-state index < -0.39 is 21.9 Å². The number of ether oxygens (including phenoxy) is 1. The molecular weight excluding hydrogens is 431 g/mol. The number of rotatable bonds is 10. The Labute approximate surface area is 187 Å². The summed E-state index contributed by atoms with van der Waals surface area (Å²) >= 11 is 0. The lowest BCUT2D eigenvalue weighted by Crippen LogP contribution is -2.34. The molecule has 1 amide bonds. The highest BCUT2D eigenvalue weighted by atomic mass is 32.2. The predicted octanol–water partition coefficient (Wildman–Crippen LogP) is 3.53. The summed E-state index contributed by atoms with van der Waals surface area (Å²) in [6.07, 6.45) is -0.657. The third-order valence-electron chi connectivity index (χ3n) is 4.74. The van der Waals surface area contributed by atoms with Crippen molar-refractivity contribution in [3.63, 3.8) is 0 Å². The molecule has 3 rings (SSSR count). The van der Waals surface area contributed by atoms with Gasteiger partial charge >= 0.3 is 0 Å². The zero-order valence-electron chi connectivity index (χ0n) is 17.6. The minimum absolute atomic E-state index is 0.0304. The number of hydrogen-bond acceptors (Lipinski definition) is 4. The van der Waals surface area contributed by atoms with Crippen LogP contribution in [0.5, 0.6) is 0 Å². The fourth-order valence-corrected chi connectivity index (χ4v) is 4.02. The molecule has 1 atom stereocenters. The smallest absolute Gasteiger partial charge is 0.249 e. The first-order valence-electron chi connectivity index (χ1n) is 10.1. The van der Waals surface area contributed by atoms with E-state index >= 15 is 0 Å². The molecular formula is C24H25FN2O4S. The summed E-state index contributed by atoms with van der Waals surface area (Å²) in [6.45, 7) is 2.11. The molecule has 1 unspecified atom stereocenters. The Kier molecular flexibility index (Phi) is 8.10. The number of halogens is 1. The van der Waals surface area contributed by atoms with Crippen molar-refractivity contribution in [1.82, 2.24) is 10.0 Å². The van der Waals surface area contributed by atoms with Crippen molar-refractivity contribution in [1.29, 1.82) is 0 Å². The maximum absolute atomic E-state index is 13.3. The van der Waals surface area contributed by atoms with Crippen LogP contribution in [0.2, 0.25) is 0 Å². The highest BCUT2D eigenvalue weighted by Gasteiger charge is 2.16. The van der Waals surface area contributed by atoms with Crippen LogP contribution in [0.4, 0.5) is 4.39 Å². The van der Waals surface area contributed by atoms with Crippen LogP contribution in [0.1, 0.15) is 23.6 Å². The molecule has 8 heteroatoms. The highest BCUT2D eigenvalue weighted by molar-refractivity contribution is 7.89. The third kappa shape index (κ3) is 6.98. The van der Waals surface area contributed by atoms with E-state index in [2.05, 4.69) is 10.0 Å². The van der Waals surface area contributed by atoms with Gasteiger partial charge < -0.3 is 10.1 Å². The lowest BCUT2D eigenvalue weighted by molar-refractivity contribution is -0.132. The molecule has 0 saturated carbocycles. The average molecular weight is 457 g/mol. The summed E-state index contributed by atoms with van der Waals surface area (Å²) in [5.41, 5.74) is 2.11. The standard InChI is InChI=1S/C24H25FN2O4S/c1-18(31-17-19-7-3-2-4-8-19)24(28)26-15-21-10-6-12-23(14-21)32(29,30)27-16-20-9-5-11-22(25)13-20/h2-14,18,27H,15-17H2,1H3,(H,26,28). The minimum atomic E-state index is -3.80. The number of hydrogen-bond donors (Lipinski definition) is 2. The highest BCUT2D eigenvalue weighted by Crippen LogP contribution is 2.13. The predicted molar refractivity (Wildman–Crippen MR) is 119 cm³/mol. The molecule has 0 heterocycles. The second-order valence-corrected chi connectivity index (χ2v) is 9.03. The molecule has 168 valence electrons. The van der Waals surface area contributed by atoms with E-state index in [4.69, 9.17) is 4.74 Å². The zero-order valence-corrected chi connectivity index (χ0v) is 18.4. The van der Waals surface area contributed by atoms with Gasteiger partial charge in [-0.1, -0.05) is 54.6 Å². The van der Waals surface area contributed by atoms with Gasteiger partial charge in [0.05, 0.1) is 11.5 Å². The Bertz CT molecular complexity index is 1150. The Balaban J connectivity index is 1.53. The second-order valence-electron chi connectivity index (χ2n) is 7.26. The maximum Gasteiger partial charge on any atom is 0.249 e. The molecule has 0 aliphatic heterocycles. The van der Waals surface area contributed by atoms with E-state index in [-0.39, 0.29) is 23.9 Å². The molecule has 2 N–H and O–H groups in total. The van der Waals surface area contributed by atoms with E-state index in [1.165, 1.54) is 30.3 Å². The first-order valence-corrected chi connectivity index (χ1v) is 11.6. The Hall–Kier alpha value is -3.07. The van der Waals surface area contributed by atoms with Crippen molar-refractivity contribution in [3.05, 3.63) is 101 Å². The van der Waals surface area contributed by atoms with Gasteiger partial charge in [-0.2, -0.15) is 0 Å². The average Bonchev–Trinajstić information content (AvgIpc) is 2.80. The van der Waals surface area contributed by atoms with E-state index in [1.54, 1.807) is 25.1 Å². The van der Waals surface area contributed by atoms with Gasteiger partial charge in [-0.3, -0.25) is 4.79 Å². The van der Waals surface area contributed by atoms with Crippen molar-refractivity contribution >= 4 is 15.9 Å². The van der Waals surface area contributed by atoms with Crippen LogP contribution in [0, 0.1) is 5.82 Å². The lowest BCUT2D eigenvalue weighted by Gasteiger charge is -2.14. The number of nitrogens with one attached hydrogen (secondary N) is 2. The molecule has 0 radical (unpaired) electrons. The van der Waals surface area contributed by atoms with E-state index in [0.717, 1.165) is 5.56 Å². The van der Waals surface area contributed by atoms with Crippen LogP contribution >= 0.6 is 0 Å². The van der Waals surface area contributed by atoms with Crippen LogP contribution in [-0.4, -0.2) is 20.4 Å². The van der Waals surface area contributed by atoms with Crippen molar-refractivity contribution in [3.8, 4) is 0 Å². The number of carbonyl (C=O) groups is 1. The third-order valence-corrected chi connectivity index (χ3v) is 6.14. The van der Waals surface area contributed by atoms with Gasteiger partial charge in [0.1, 0.15) is 11.9 Å². The normalized spacial score (nSPS) is 12.3. The summed E-state index contributed by atoms with van der Waals surface area (Å²) in [6, 6.07) is 21.5. The summed E-state index contributed by atoms with van der Waals surface area (Å²) in [7, 11) is -3.80. The molecule has 0 fully saturated rings. The molecule has 0 aromatic heterocycles. The Morgan fingerprint density at radius 3 is 2.28 bits per heavy atom. The van der Waals surface area contributed by atoms with Gasteiger partial charge in [0.25, 0.3) is 0 Å². The SMILES string of the molecule is CC(OCc1ccccc1)C(=O)NCc1cccc(S(=O)(=O)NCc2cccc(F)c2)c1. The molecule has 0 aliphatic carbocycles. The maximum atomic E-state index is 13.3. The topological polar surface area (TPSA) is 84.5 Å². The first kappa shape index (κ1) is 23.6. The van der Waals surface area contributed by atoms with Crippen LogP contribution in [-0.2, 0) is 39.3 Å². The second kappa shape index (κ2) is 11.0. The number of carbonyl (C=O) groups excluding carboxylic acids is 1. The van der Waals surface area contributed by atoms with Crippen LogP contribution in [0.25, 0.3) is 0 Å². The van der Waals surface area contributed by atoms with Crippen LogP contribution < -0.4 is 10.0 Å². The Morgan fingerprint density at radius 2 is 1.56 bits per heavy atom. The fraction of sp³-hybridized carbons (Fsp3) is 0.208. The summed E-state index contributed by atoms with van der Waals surface area (Å²) in [4.78, 5) is 12.4. The van der Waals surface area contributed by atoms with Crippen LogP contribution in [0.15, 0.2) is 83.8 Å². The lowest BCUT2D eigenvalue weighted by atomic mass is 10.2. The number of amides is 1.